The molecule has 170 valence electrons. The van der Waals surface area contributed by atoms with Crippen molar-refractivity contribution in [2.24, 2.45) is 5.92 Å². The molecule has 1 unspecified atom stereocenters. The molecule has 0 radical (unpaired) electrons. The standard InChI is InChI=1S/C26H32FN3O2/c1-18-14-20(15-22-6-3-4-8-24(22)27)16-25(28-18)23-7-5-11-30(17-23)26(32)21-9-12-29(13-10-21)19(2)31/h3-4,6,8,14,16,21,23H,5,7,9-13,15,17H2,1-2H3. The highest BCUT2D eigenvalue weighted by Crippen LogP contribution is 2.30. The average molecular weight is 438 g/mol. The monoisotopic (exact) mass is 437 g/mol. The Morgan fingerprint density at radius 3 is 2.53 bits per heavy atom. The molecule has 1 aromatic carbocycles. The second-order valence-corrected chi connectivity index (χ2v) is 9.21. The predicted octanol–water partition coefficient (Wildman–Crippen LogP) is 4.08. The average Bonchev–Trinajstić information content (AvgIpc) is 2.80. The van der Waals surface area contributed by atoms with Crippen molar-refractivity contribution in [3.63, 3.8) is 0 Å². The molecule has 4 rings (SSSR count). The van der Waals surface area contributed by atoms with Crippen molar-refractivity contribution in [1.82, 2.24) is 14.8 Å². The van der Waals surface area contributed by atoms with Gasteiger partial charge in [-0.05, 0) is 61.9 Å². The molecule has 2 aliphatic heterocycles. The topological polar surface area (TPSA) is 53.5 Å². The molecule has 0 bridgehead atoms. The minimum atomic E-state index is -0.186. The lowest BCUT2D eigenvalue weighted by molar-refractivity contribution is -0.141. The number of aromatic nitrogens is 1. The van der Waals surface area contributed by atoms with E-state index in [1.54, 1.807) is 13.0 Å². The molecule has 2 saturated heterocycles. The van der Waals surface area contributed by atoms with Gasteiger partial charge in [0, 0.05) is 62.7 Å². The lowest BCUT2D eigenvalue weighted by atomic mass is 9.90. The van der Waals surface area contributed by atoms with Crippen LogP contribution in [0.25, 0.3) is 0 Å². The van der Waals surface area contributed by atoms with Crippen LogP contribution in [0.4, 0.5) is 4.39 Å². The van der Waals surface area contributed by atoms with E-state index in [2.05, 4.69) is 6.07 Å². The maximum Gasteiger partial charge on any atom is 0.225 e. The summed E-state index contributed by atoms with van der Waals surface area (Å²) in [7, 11) is 0. The Morgan fingerprint density at radius 2 is 1.81 bits per heavy atom. The molecule has 6 heteroatoms. The zero-order valence-electron chi connectivity index (χ0n) is 19.0. The molecule has 0 spiro atoms. The molecule has 2 aliphatic rings. The minimum Gasteiger partial charge on any atom is -0.343 e. The van der Waals surface area contributed by atoms with Gasteiger partial charge in [0.15, 0.2) is 0 Å². The van der Waals surface area contributed by atoms with E-state index in [0.29, 0.717) is 31.6 Å². The number of hydrogen-bond donors (Lipinski definition) is 0. The lowest BCUT2D eigenvalue weighted by Crippen LogP contribution is -2.46. The third-order valence-electron chi connectivity index (χ3n) is 6.83. The molecule has 2 fully saturated rings. The SMILES string of the molecule is CC(=O)N1CCC(C(=O)N2CCCC(c3cc(Cc4ccccc4F)cc(C)n3)C2)CC1. The quantitative estimate of drug-likeness (QED) is 0.724. The molecule has 0 N–H and O–H groups in total. The highest BCUT2D eigenvalue weighted by atomic mass is 19.1. The molecule has 2 aromatic rings. The van der Waals surface area contributed by atoms with Crippen molar-refractivity contribution in [3.05, 3.63) is 64.7 Å². The van der Waals surface area contributed by atoms with Gasteiger partial charge in [-0.25, -0.2) is 4.39 Å². The van der Waals surface area contributed by atoms with Crippen molar-refractivity contribution in [1.29, 1.82) is 0 Å². The number of carbonyl (C=O) groups excluding carboxylic acids is 2. The minimum absolute atomic E-state index is 0.00596. The maximum absolute atomic E-state index is 14.1. The fourth-order valence-corrected chi connectivity index (χ4v) is 5.06. The number of halogens is 1. The first-order valence-electron chi connectivity index (χ1n) is 11.7. The fourth-order valence-electron chi connectivity index (χ4n) is 5.06. The summed E-state index contributed by atoms with van der Waals surface area (Å²) in [6.45, 7) is 6.37. The van der Waals surface area contributed by atoms with Gasteiger partial charge in [0.1, 0.15) is 5.82 Å². The lowest BCUT2D eigenvalue weighted by Gasteiger charge is -2.37. The number of aryl methyl sites for hydroxylation is 1. The van der Waals surface area contributed by atoms with Crippen LogP contribution in [0, 0.1) is 18.7 Å². The van der Waals surface area contributed by atoms with Gasteiger partial charge in [-0.1, -0.05) is 18.2 Å². The third-order valence-corrected chi connectivity index (χ3v) is 6.83. The van der Waals surface area contributed by atoms with Gasteiger partial charge in [-0.3, -0.25) is 14.6 Å². The van der Waals surface area contributed by atoms with E-state index in [4.69, 9.17) is 4.98 Å². The van der Waals surface area contributed by atoms with E-state index in [0.717, 1.165) is 49.2 Å². The van der Waals surface area contributed by atoms with Crippen LogP contribution >= 0.6 is 0 Å². The van der Waals surface area contributed by atoms with Gasteiger partial charge in [0.2, 0.25) is 11.8 Å². The van der Waals surface area contributed by atoms with E-state index in [9.17, 15) is 14.0 Å². The second-order valence-electron chi connectivity index (χ2n) is 9.21. The summed E-state index contributed by atoms with van der Waals surface area (Å²) in [5.74, 6) is 0.326. The highest BCUT2D eigenvalue weighted by molar-refractivity contribution is 5.80. The number of rotatable bonds is 4. The van der Waals surface area contributed by atoms with Gasteiger partial charge >= 0.3 is 0 Å². The van der Waals surface area contributed by atoms with Gasteiger partial charge < -0.3 is 9.80 Å². The first kappa shape index (κ1) is 22.4. The summed E-state index contributed by atoms with van der Waals surface area (Å²) in [5.41, 5.74) is 3.66. The molecule has 0 saturated carbocycles. The molecule has 32 heavy (non-hydrogen) atoms. The zero-order valence-corrected chi connectivity index (χ0v) is 19.0. The molecular weight excluding hydrogens is 405 g/mol. The molecule has 2 amide bonds. The van der Waals surface area contributed by atoms with Crippen molar-refractivity contribution in [3.8, 4) is 0 Å². The molecule has 3 heterocycles. The molecule has 1 aromatic heterocycles. The van der Waals surface area contributed by atoms with Crippen molar-refractivity contribution in [2.45, 2.75) is 51.9 Å². The summed E-state index contributed by atoms with van der Waals surface area (Å²) in [4.78, 5) is 33.4. The number of benzene rings is 1. The van der Waals surface area contributed by atoms with Crippen molar-refractivity contribution in [2.75, 3.05) is 26.2 Å². The van der Waals surface area contributed by atoms with Gasteiger partial charge in [0.25, 0.3) is 0 Å². The van der Waals surface area contributed by atoms with Crippen LogP contribution in [-0.2, 0) is 16.0 Å². The highest BCUT2D eigenvalue weighted by Gasteiger charge is 2.32. The van der Waals surface area contributed by atoms with Crippen molar-refractivity contribution >= 4 is 11.8 Å². The predicted molar refractivity (Wildman–Crippen MR) is 122 cm³/mol. The van der Waals surface area contributed by atoms with Crippen LogP contribution in [0.2, 0.25) is 0 Å². The summed E-state index contributed by atoms with van der Waals surface area (Å²) in [6.07, 6.45) is 3.99. The van der Waals surface area contributed by atoms with E-state index >= 15 is 0 Å². The number of amides is 2. The molecular formula is C26H32FN3O2. The molecule has 5 nitrogen and oxygen atoms in total. The number of likely N-dealkylation sites (tertiary alicyclic amines) is 2. The first-order chi connectivity index (χ1) is 15.4. The van der Waals surface area contributed by atoms with Crippen LogP contribution < -0.4 is 0 Å². The molecule has 0 aliphatic carbocycles. The van der Waals surface area contributed by atoms with Crippen LogP contribution in [0.5, 0.6) is 0 Å². The number of nitrogens with zero attached hydrogens (tertiary/aromatic N) is 3. The Kier molecular flexibility index (Phi) is 6.87. The summed E-state index contributed by atoms with van der Waals surface area (Å²) >= 11 is 0. The summed E-state index contributed by atoms with van der Waals surface area (Å²) in [6, 6.07) is 11.0. The Balaban J connectivity index is 1.44. The van der Waals surface area contributed by atoms with E-state index in [1.165, 1.54) is 6.07 Å². The maximum atomic E-state index is 14.1. The number of carbonyl (C=O) groups is 2. The van der Waals surface area contributed by atoms with Gasteiger partial charge in [-0.15, -0.1) is 0 Å². The van der Waals surface area contributed by atoms with Crippen LogP contribution in [0.1, 0.15) is 61.0 Å². The largest absolute Gasteiger partial charge is 0.343 e. The Hall–Kier alpha value is -2.76. The van der Waals surface area contributed by atoms with Gasteiger partial charge in [0.05, 0.1) is 0 Å². The Bertz CT molecular complexity index is 985. The number of hydrogen-bond acceptors (Lipinski definition) is 3. The number of pyridine rings is 1. The van der Waals surface area contributed by atoms with Crippen LogP contribution in [-0.4, -0.2) is 52.8 Å². The number of piperidine rings is 2. The summed E-state index contributed by atoms with van der Waals surface area (Å²) < 4.78 is 14.1. The van der Waals surface area contributed by atoms with Crippen molar-refractivity contribution < 1.29 is 14.0 Å². The zero-order chi connectivity index (χ0) is 22.7. The van der Waals surface area contributed by atoms with Crippen LogP contribution in [0.3, 0.4) is 0 Å². The first-order valence-corrected chi connectivity index (χ1v) is 11.7. The van der Waals surface area contributed by atoms with Gasteiger partial charge in [-0.2, -0.15) is 0 Å². The molecule has 1 atom stereocenters. The Morgan fingerprint density at radius 1 is 1.06 bits per heavy atom. The van der Waals surface area contributed by atoms with E-state index in [1.807, 2.05) is 34.9 Å². The second kappa shape index (κ2) is 9.80. The summed E-state index contributed by atoms with van der Waals surface area (Å²) in [5, 5.41) is 0. The van der Waals surface area contributed by atoms with E-state index in [-0.39, 0.29) is 29.5 Å². The fraction of sp³-hybridized carbons (Fsp3) is 0.500. The van der Waals surface area contributed by atoms with E-state index < -0.39 is 0 Å². The third kappa shape index (κ3) is 5.17. The normalized spacial score (nSPS) is 19.8. The smallest absolute Gasteiger partial charge is 0.225 e. The Labute approximate surface area is 189 Å². The van der Waals surface area contributed by atoms with Crippen LogP contribution in [0.15, 0.2) is 36.4 Å².